The Bertz CT molecular complexity index is 449. The van der Waals surface area contributed by atoms with Crippen LogP contribution in [0.4, 0.5) is 5.69 Å². The standard InChI is InChI=1S/C17H26N2O/c1-5-18(15-10-11-15)17(20)12-19(13(2)3)16-8-6-14(4)7-9-16/h6-9,13,15H,5,10-12H2,1-4H3. The van der Waals surface area contributed by atoms with Gasteiger partial charge in [-0.1, -0.05) is 17.7 Å². The van der Waals surface area contributed by atoms with Crippen LogP contribution in [-0.2, 0) is 4.79 Å². The third-order valence-electron chi connectivity index (χ3n) is 3.94. The van der Waals surface area contributed by atoms with Crippen molar-refractivity contribution < 1.29 is 4.79 Å². The minimum Gasteiger partial charge on any atom is -0.360 e. The number of rotatable bonds is 6. The van der Waals surface area contributed by atoms with Crippen molar-refractivity contribution in [3.05, 3.63) is 29.8 Å². The Morgan fingerprint density at radius 3 is 2.30 bits per heavy atom. The van der Waals surface area contributed by atoms with Gasteiger partial charge in [0.2, 0.25) is 5.91 Å². The monoisotopic (exact) mass is 274 g/mol. The molecule has 1 fully saturated rings. The highest BCUT2D eigenvalue weighted by molar-refractivity contribution is 5.82. The fourth-order valence-corrected chi connectivity index (χ4v) is 2.57. The Morgan fingerprint density at radius 2 is 1.85 bits per heavy atom. The van der Waals surface area contributed by atoms with Crippen molar-refractivity contribution in [3.8, 4) is 0 Å². The summed E-state index contributed by atoms with van der Waals surface area (Å²) in [6, 6.07) is 9.24. The molecule has 0 radical (unpaired) electrons. The van der Waals surface area contributed by atoms with Crippen LogP contribution in [0.2, 0.25) is 0 Å². The molecule has 20 heavy (non-hydrogen) atoms. The van der Waals surface area contributed by atoms with Gasteiger partial charge in [-0.3, -0.25) is 4.79 Å². The smallest absolute Gasteiger partial charge is 0.242 e. The van der Waals surface area contributed by atoms with Gasteiger partial charge in [0.15, 0.2) is 0 Å². The summed E-state index contributed by atoms with van der Waals surface area (Å²) in [6.07, 6.45) is 2.34. The minimum absolute atomic E-state index is 0.254. The molecule has 1 aromatic rings. The molecule has 0 saturated heterocycles. The Kier molecular flexibility index (Phi) is 4.69. The van der Waals surface area contributed by atoms with Crippen molar-refractivity contribution in [1.82, 2.24) is 4.90 Å². The van der Waals surface area contributed by atoms with E-state index in [2.05, 4.69) is 56.9 Å². The minimum atomic E-state index is 0.254. The Balaban J connectivity index is 2.09. The topological polar surface area (TPSA) is 23.6 Å². The fourth-order valence-electron chi connectivity index (χ4n) is 2.57. The van der Waals surface area contributed by atoms with Gasteiger partial charge < -0.3 is 9.80 Å². The van der Waals surface area contributed by atoms with Crippen molar-refractivity contribution in [2.24, 2.45) is 0 Å². The summed E-state index contributed by atoms with van der Waals surface area (Å²) in [4.78, 5) is 16.7. The molecule has 0 heterocycles. The van der Waals surface area contributed by atoms with Crippen LogP contribution in [0.25, 0.3) is 0 Å². The molecule has 1 aromatic carbocycles. The van der Waals surface area contributed by atoms with E-state index in [1.165, 1.54) is 18.4 Å². The number of anilines is 1. The zero-order chi connectivity index (χ0) is 14.7. The number of carbonyl (C=O) groups is 1. The summed E-state index contributed by atoms with van der Waals surface area (Å²) in [6.45, 7) is 9.73. The van der Waals surface area contributed by atoms with Gasteiger partial charge in [-0.25, -0.2) is 0 Å². The predicted octanol–water partition coefficient (Wildman–Crippen LogP) is 3.22. The molecule has 3 nitrogen and oxygen atoms in total. The fraction of sp³-hybridized carbons (Fsp3) is 0.588. The summed E-state index contributed by atoms with van der Waals surface area (Å²) in [5.41, 5.74) is 2.38. The molecule has 0 N–H and O–H groups in total. The molecule has 0 atom stereocenters. The number of nitrogens with zero attached hydrogens (tertiary/aromatic N) is 2. The summed E-state index contributed by atoms with van der Waals surface area (Å²) in [5, 5.41) is 0. The lowest BCUT2D eigenvalue weighted by molar-refractivity contribution is -0.130. The summed E-state index contributed by atoms with van der Waals surface area (Å²) < 4.78 is 0. The highest BCUT2D eigenvalue weighted by Crippen LogP contribution is 2.27. The third-order valence-corrected chi connectivity index (χ3v) is 3.94. The number of aryl methyl sites for hydroxylation is 1. The molecule has 1 aliphatic rings. The van der Waals surface area contributed by atoms with Gasteiger partial charge in [-0.15, -0.1) is 0 Å². The molecule has 1 saturated carbocycles. The van der Waals surface area contributed by atoms with Crippen LogP contribution in [0.15, 0.2) is 24.3 Å². The van der Waals surface area contributed by atoms with Gasteiger partial charge in [-0.2, -0.15) is 0 Å². The lowest BCUT2D eigenvalue weighted by atomic mass is 10.2. The van der Waals surface area contributed by atoms with E-state index in [0.717, 1.165) is 12.2 Å². The molecular weight excluding hydrogens is 248 g/mol. The average Bonchev–Trinajstić information content (AvgIpc) is 3.22. The Labute approximate surface area is 122 Å². The van der Waals surface area contributed by atoms with Crippen LogP contribution in [0.5, 0.6) is 0 Å². The van der Waals surface area contributed by atoms with Crippen LogP contribution in [-0.4, -0.2) is 36.0 Å². The average molecular weight is 274 g/mol. The number of benzene rings is 1. The first-order valence-electron chi connectivity index (χ1n) is 7.65. The van der Waals surface area contributed by atoms with E-state index in [-0.39, 0.29) is 5.91 Å². The SMILES string of the molecule is CCN(C(=O)CN(c1ccc(C)cc1)C(C)C)C1CC1. The molecule has 0 aliphatic heterocycles. The number of amides is 1. The number of hydrogen-bond acceptors (Lipinski definition) is 2. The van der Waals surface area contributed by atoms with Crippen LogP contribution >= 0.6 is 0 Å². The second-order valence-electron chi connectivity index (χ2n) is 5.97. The Morgan fingerprint density at radius 1 is 1.25 bits per heavy atom. The maximum Gasteiger partial charge on any atom is 0.242 e. The first kappa shape index (κ1) is 14.9. The quantitative estimate of drug-likeness (QED) is 0.795. The molecular formula is C17H26N2O. The first-order chi connectivity index (χ1) is 9.52. The van der Waals surface area contributed by atoms with Crippen LogP contribution < -0.4 is 4.90 Å². The zero-order valence-corrected chi connectivity index (χ0v) is 13.1. The molecule has 0 unspecified atom stereocenters. The van der Waals surface area contributed by atoms with Crippen molar-refractivity contribution >= 4 is 11.6 Å². The summed E-state index contributed by atoms with van der Waals surface area (Å²) >= 11 is 0. The number of hydrogen-bond donors (Lipinski definition) is 0. The number of carbonyl (C=O) groups excluding carboxylic acids is 1. The van der Waals surface area contributed by atoms with Gasteiger partial charge >= 0.3 is 0 Å². The summed E-state index contributed by atoms with van der Waals surface area (Å²) in [7, 11) is 0. The van der Waals surface area contributed by atoms with E-state index < -0.39 is 0 Å². The first-order valence-corrected chi connectivity index (χ1v) is 7.65. The van der Waals surface area contributed by atoms with E-state index in [1.807, 2.05) is 4.90 Å². The molecule has 0 spiro atoms. The van der Waals surface area contributed by atoms with E-state index in [9.17, 15) is 4.79 Å². The van der Waals surface area contributed by atoms with Gasteiger partial charge in [0.25, 0.3) is 0 Å². The maximum absolute atomic E-state index is 12.5. The molecule has 0 bridgehead atoms. The van der Waals surface area contributed by atoms with Crippen molar-refractivity contribution in [2.45, 2.75) is 52.6 Å². The largest absolute Gasteiger partial charge is 0.360 e. The normalized spacial score (nSPS) is 14.4. The second kappa shape index (κ2) is 6.29. The Hall–Kier alpha value is -1.51. The van der Waals surface area contributed by atoms with Crippen molar-refractivity contribution in [1.29, 1.82) is 0 Å². The third kappa shape index (κ3) is 3.53. The molecule has 1 amide bonds. The van der Waals surface area contributed by atoms with Gasteiger partial charge in [0.1, 0.15) is 0 Å². The van der Waals surface area contributed by atoms with Crippen molar-refractivity contribution in [3.63, 3.8) is 0 Å². The van der Waals surface area contributed by atoms with Crippen LogP contribution in [0.1, 0.15) is 39.2 Å². The lowest BCUT2D eigenvalue weighted by Gasteiger charge is -2.31. The van der Waals surface area contributed by atoms with Crippen LogP contribution in [0.3, 0.4) is 0 Å². The van der Waals surface area contributed by atoms with Gasteiger partial charge in [-0.05, 0) is 52.7 Å². The van der Waals surface area contributed by atoms with Crippen LogP contribution in [0, 0.1) is 6.92 Å². The highest BCUT2D eigenvalue weighted by atomic mass is 16.2. The molecule has 3 heteroatoms. The van der Waals surface area contributed by atoms with Gasteiger partial charge in [0.05, 0.1) is 6.54 Å². The lowest BCUT2D eigenvalue weighted by Crippen LogP contribution is -2.44. The van der Waals surface area contributed by atoms with E-state index in [4.69, 9.17) is 0 Å². The van der Waals surface area contributed by atoms with Gasteiger partial charge in [0, 0.05) is 24.3 Å². The highest BCUT2D eigenvalue weighted by Gasteiger charge is 2.32. The molecule has 2 rings (SSSR count). The zero-order valence-electron chi connectivity index (χ0n) is 13.1. The van der Waals surface area contributed by atoms with E-state index >= 15 is 0 Å². The molecule has 1 aliphatic carbocycles. The molecule has 0 aromatic heterocycles. The van der Waals surface area contributed by atoms with E-state index in [0.29, 0.717) is 18.6 Å². The second-order valence-corrected chi connectivity index (χ2v) is 5.97. The summed E-state index contributed by atoms with van der Waals surface area (Å²) in [5.74, 6) is 0.254. The van der Waals surface area contributed by atoms with E-state index in [1.54, 1.807) is 0 Å². The predicted molar refractivity (Wildman–Crippen MR) is 84.1 cm³/mol. The van der Waals surface area contributed by atoms with Crippen molar-refractivity contribution in [2.75, 3.05) is 18.0 Å². The number of likely N-dealkylation sites (N-methyl/N-ethyl adjacent to an activating group) is 1. The maximum atomic E-state index is 12.5. The molecule has 110 valence electrons.